The van der Waals surface area contributed by atoms with Gasteiger partial charge in [-0.2, -0.15) is 0 Å². The second-order valence-corrected chi connectivity index (χ2v) is 6.56. The molecule has 0 saturated heterocycles. The fourth-order valence-corrected chi connectivity index (χ4v) is 3.56. The quantitative estimate of drug-likeness (QED) is 0.945. The van der Waals surface area contributed by atoms with Crippen molar-refractivity contribution in [1.82, 2.24) is 10.2 Å². The molecular formula is C15H16FN3OS. The molecule has 0 aliphatic heterocycles. The topological polar surface area (TPSA) is 54.9 Å². The van der Waals surface area contributed by atoms with Crippen LogP contribution in [0.3, 0.4) is 0 Å². The van der Waals surface area contributed by atoms with Crippen LogP contribution >= 0.6 is 11.3 Å². The van der Waals surface area contributed by atoms with E-state index >= 15 is 0 Å². The molecule has 1 aliphatic rings. The Morgan fingerprint density at radius 1 is 1.33 bits per heavy atom. The van der Waals surface area contributed by atoms with E-state index in [1.807, 2.05) is 13.0 Å². The first kappa shape index (κ1) is 14.1. The molecule has 1 aliphatic carbocycles. The molecule has 0 radical (unpaired) electrons. The number of amides is 1. The highest BCUT2D eigenvalue weighted by molar-refractivity contribution is 7.15. The number of nitrogens with one attached hydrogen (secondary N) is 1. The number of hydrogen-bond donors (Lipinski definition) is 1. The Morgan fingerprint density at radius 3 is 2.71 bits per heavy atom. The van der Waals surface area contributed by atoms with Gasteiger partial charge in [-0.1, -0.05) is 36.3 Å². The first-order chi connectivity index (χ1) is 10.1. The van der Waals surface area contributed by atoms with E-state index < -0.39 is 5.41 Å². The molecule has 0 bridgehead atoms. The maximum atomic E-state index is 13.5. The molecule has 0 atom stereocenters. The summed E-state index contributed by atoms with van der Waals surface area (Å²) in [6.07, 6.45) is 3.41. The smallest absolute Gasteiger partial charge is 0.236 e. The lowest BCUT2D eigenvalue weighted by molar-refractivity contribution is -0.121. The molecule has 1 aromatic carbocycles. The Labute approximate surface area is 126 Å². The number of carbonyl (C=O) groups excluding carboxylic acids is 1. The third kappa shape index (κ3) is 2.68. The summed E-state index contributed by atoms with van der Waals surface area (Å²) in [5.41, 5.74) is 0.0977. The lowest BCUT2D eigenvalue weighted by Gasteiger charge is -2.27. The Hall–Kier alpha value is -1.82. The van der Waals surface area contributed by atoms with Crippen molar-refractivity contribution >= 4 is 22.4 Å². The van der Waals surface area contributed by atoms with E-state index in [1.165, 1.54) is 23.5 Å². The molecule has 1 saturated carbocycles. The summed E-state index contributed by atoms with van der Waals surface area (Å²) < 4.78 is 13.5. The number of anilines is 1. The average Bonchev–Trinajstić information content (AvgIpc) is 3.09. The zero-order valence-electron chi connectivity index (χ0n) is 11.7. The van der Waals surface area contributed by atoms with E-state index in [0.29, 0.717) is 5.13 Å². The summed E-state index contributed by atoms with van der Waals surface area (Å²) in [4.78, 5) is 12.8. The number of benzene rings is 1. The Kier molecular flexibility index (Phi) is 3.71. The minimum absolute atomic E-state index is 0.109. The number of nitrogens with zero attached hydrogens (tertiary/aromatic N) is 2. The zero-order chi connectivity index (χ0) is 14.9. The van der Waals surface area contributed by atoms with Crippen LogP contribution in [0.5, 0.6) is 0 Å². The van der Waals surface area contributed by atoms with Crippen molar-refractivity contribution in [2.45, 2.75) is 38.0 Å². The van der Waals surface area contributed by atoms with Crippen LogP contribution in [0.1, 0.15) is 36.3 Å². The van der Waals surface area contributed by atoms with Crippen molar-refractivity contribution in [2.75, 3.05) is 5.32 Å². The molecule has 1 fully saturated rings. The highest BCUT2D eigenvalue weighted by Crippen LogP contribution is 2.42. The minimum atomic E-state index is -0.651. The zero-order valence-corrected chi connectivity index (χ0v) is 12.5. The maximum Gasteiger partial charge on any atom is 0.236 e. The summed E-state index contributed by atoms with van der Waals surface area (Å²) in [6, 6.07) is 6.36. The maximum absolute atomic E-state index is 13.5. The molecule has 1 amide bonds. The van der Waals surface area contributed by atoms with Gasteiger partial charge in [-0.25, -0.2) is 4.39 Å². The average molecular weight is 305 g/mol. The van der Waals surface area contributed by atoms with Crippen LogP contribution in [-0.2, 0) is 10.2 Å². The molecular weight excluding hydrogens is 289 g/mol. The van der Waals surface area contributed by atoms with Gasteiger partial charge < -0.3 is 0 Å². The molecule has 6 heteroatoms. The largest absolute Gasteiger partial charge is 0.300 e. The van der Waals surface area contributed by atoms with Gasteiger partial charge in [0.15, 0.2) is 0 Å². The van der Waals surface area contributed by atoms with Gasteiger partial charge in [-0.3, -0.25) is 10.1 Å². The Morgan fingerprint density at radius 2 is 2.10 bits per heavy atom. The lowest BCUT2D eigenvalue weighted by Crippen LogP contribution is -2.38. The van der Waals surface area contributed by atoms with Crippen LogP contribution < -0.4 is 5.32 Å². The number of hydrogen-bond acceptors (Lipinski definition) is 4. The highest BCUT2D eigenvalue weighted by Gasteiger charge is 2.43. The molecule has 0 spiro atoms. The van der Waals surface area contributed by atoms with Gasteiger partial charge in [0, 0.05) is 0 Å². The Balaban J connectivity index is 1.92. The Bertz CT molecular complexity index is 664. The van der Waals surface area contributed by atoms with Gasteiger partial charge in [-0.15, -0.1) is 10.2 Å². The number of aromatic nitrogens is 2. The van der Waals surface area contributed by atoms with E-state index in [4.69, 9.17) is 0 Å². The minimum Gasteiger partial charge on any atom is -0.300 e. The molecule has 3 rings (SSSR count). The normalized spacial score (nSPS) is 16.9. The fourth-order valence-electron chi connectivity index (χ4n) is 2.98. The highest BCUT2D eigenvalue weighted by atomic mass is 32.1. The molecule has 1 N–H and O–H groups in total. The van der Waals surface area contributed by atoms with Gasteiger partial charge >= 0.3 is 0 Å². The molecule has 0 unspecified atom stereocenters. The van der Waals surface area contributed by atoms with Gasteiger partial charge in [0.05, 0.1) is 5.41 Å². The predicted molar refractivity (Wildman–Crippen MR) is 79.8 cm³/mol. The number of aryl methyl sites for hydroxylation is 1. The SMILES string of the molecule is Cc1nnc(NC(=O)C2(c3cccc(F)c3)CCCC2)s1. The second-order valence-electron chi connectivity index (χ2n) is 5.38. The van der Waals surface area contributed by atoms with Gasteiger partial charge in [0.2, 0.25) is 11.0 Å². The number of halogens is 1. The summed E-state index contributed by atoms with van der Waals surface area (Å²) in [7, 11) is 0. The van der Waals surface area contributed by atoms with Gasteiger partial charge in [0.1, 0.15) is 10.8 Å². The van der Waals surface area contributed by atoms with Crippen LogP contribution in [0.4, 0.5) is 9.52 Å². The van der Waals surface area contributed by atoms with Crippen molar-refractivity contribution in [1.29, 1.82) is 0 Å². The summed E-state index contributed by atoms with van der Waals surface area (Å²) in [5, 5.41) is 12.0. The number of rotatable bonds is 3. The van der Waals surface area contributed by atoms with Crippen molar-refractivity contribution in [3.05, 3.63) is 40.7 Å². The first-order valence-electron chi connectivity index (χ1n) is 6.98. The fraction of sp³-hybridized carbons (Fsp3) is 0.400. The van der Waals surface area contributed by atoms with Crippen molar-refractivity contribution in [3.63, 3.8) is 0 Å². The summed E-state index contributed by atoms with van der Waals surface area (Å²) in [6.45, 7) is 1.84. The summed E-state index contributed by atoms with van der Waals surface area (Å²) in [5.74, 6) is -0.417. The molecule has 21 heavy (non-hydrogen) atoms. The van der Waals surface area contributed by atoms with Crippen LogP contribution in [0.25, 0.3) is 0 Å². The second kappa shape index (κ2) is 5.52. The summed E-state index contributed by atoms with van der Waals surface area (Å²) >= 11 is 1.34. The van der Waals surface area contributed by atoms with Crippen LogP contribution in [-0.4, -0.2) is 16.1 Å². The number of carbonyl (C=O) groups is 1. The molecule has 1 heterocycles. The molecule has 4 nitrogen and oxygen atoms in total. The molecule has 1 aromatic heterocycles. The van der Waals surface area contributed by atoms with Crippen molar-refractivity contribution in [3.8, 4) is 0 Å². The third-order valence-corrected chi connectivity index (χ3v) is 4.77. The van der Waals surface area contributed by atoms with Crippen LogP contribution in [0.15, 0.2) is 24.3 Å². The molecule has 2 aromatic rings. The van der Waals surface area contributed by atoms with E-state index in [-0.39, 0.29) is 11.7 Å². The van der Waals surface area contributed by atoms with Crippen molar-refractivity contribution < 1.29 is 9.18 Å². The standard InChI is InChI=1S/C15H16FN3OS/c1-10-18-19-14(21-10)17-13(20)15(7-2-3-8-15)11-5-4-6-12(16)9-11/h4-6,9H,2-3,7-8H2,1H3,(H,17,19,20). The van der Waals surface area contributed by atoms with E-state index in [2.05, 4.69) is 15.5 Å². The van der Waals surface area contributed by atoms with Crippen molar-refractivity contribution in [2.24, 2.45) is 0 Å². The van der Waals surface area contributed by atoms with Crippen LogP contribution in [0.2, 0.25) is 0 Å². The van der Waals surface area contributed by atoms with E-state index in [9.17, 15) is 9.18 Å². The third-order valence-electron chi connectivity index (χ3n) is 4.02. The lowest BCUT2D eigenvalue weighted by atomic mass is 9.78. The van der Waals surface area contributed by atoms with E-state index in [1.54, 1.807) is 6.07 Å². The van der Waals surface area contributed by atoms with Gasteiger partial charge in [-0.05, 0) is 37.5 Å². The van der Waals surface area contributed by atoms with Crippen LogP contribution in [0, 0.1) is 12.7 Å². The monoisotopic (exact) mass is 305 g/mol. The molecule has 110 valence electrons. The predicted octanol–water partition coefficient (Wildman–Crippen LogP) is 3.44. The first-order valence-corrected chi connectivity index (χ1v) is 7.79. The van der Waals surface area contributed by atoms with E-state index in [0.717, 1.165) is 36.3 Å². The van der Waals surface area contributed by atoms with Gasteiger partial charge in [0.25, 0.3) is 0 Å².